The van der Waals surface area contributed by atoms with Crippen LogP contribution in [0, 0.1) is 5.92 Å². The summed E-state index contributed by atoms with van der Waals surface area (Å²) in [5.41, 5.74) is 13.1. The number of para-hydroxylation sites is 2. The zero-order valence-electron chi connectivity index (χ0n) is 35.1. The Hall–Kier alpha value is -7.94. The molecule has 2 unspecified atom stereocenters. The smallest absolute Gasteiger partial charge is 0.0541 e. The average molecular weight is 805 g/mol. The zero-order valence-corrected chi connectivity index (χ0v) is 35.1. The Kier molecular flexibility index (Phi) is 8.90. The summed E-state index contributed by atoms with van der Waals surface area (Å²) in [6.07, 6.45) is 4.86. The molecule has 2 heteroatoms. The van der Waals surface area contributed by atoms with Crippen molar-refractivity contribution in [1.29, 1.82) is 0 Å². The number of aromatic nitrogens is 1. The highest BCUT2D eigenvalue weighted by Gasteiger charge is 2.20. The van der Waals surface area contributed by atoms with Gasteiger partial charge in [-0.15, -0.1) is 0 Å². The third-order valence-corrected chi connectivity index (χ3v) is 13.3. The Morgan fingerprint density at radius 2 is 0.968 bits per heavy atom. The molecule has 0 aliphatic heterocycles. The molecule has 1 heterocycles. The molecule has 2 nitrogen and oxygen atoms in total. The number of rotatable bonds is 7. The number of benzene rings is 10. The van der Waals surface area contributed by atoms with Gasteiger partial charge in [-0.05, 0) is 132 Å². The molecule has 11 aromatic rings. The molecule has 1 aliphatic rings. The maximum Gasteiger partial charge on any atom is 0.0541 e. The van der Waals surface area contributed by atoms with Crippen LogP contribution in [0.2, 0.25) is 0 Å². The van der Waals surface area contributed by atoms with Crippen LogP contribution in [0.3, 0.4) is 0 Å². The summed E-state index contributed by atoms with van der Waals surface area (Å²) in [4.78, 5) is 2.39. The molecular formula is C61H44N2. The van der Waals surface area contributed by atoms with Crippen LogP contribution in [0.25, 0.3) is 83.4 Å². The number of fused-ring (bicyclic) bond motifs is 7. The van der Waals surface area contributed by atoms with Gasteiger partial charge in [0.2, 0.25) is 0 Å². The lowest BCUT2D eigenvalue weighted by atomic mass is 9.83. The van der Waals surface area contributed by atoms with Crippen LogP contribution in [-0.4, -0.2) is 4.57 Å². The first-order valence-electron chi connectivity index (χ1n) is 22.0. The van der Waals surface area contributed by atoms with Crippen LogP contribution in [0.5, 0.6) is 0 Å². The molecule has 2 atom stereocenters. The highest BCUT2D eigenvalue weighted by molar-refractivity contribution is 6.12. The van der Waals surface area contributed by atoms with Crippen molar-refractivity contribution >= 4 is 72.6 Å². The Morgan fingerprint density at radius 1 is 0.381 bits per heavy atom. The van der Waals surface area contributed by atoms with Gasteiger partial charge in [0.25, 0.3) is 0 Å². The average Bonchev–Trinajstić information content (AvgIpc) is 3.68. The van der Waals surface area contributed by atoms with E-state index in [1.54, 1.807) is 0 Å². The van der Waals surface area contributed by atoms with E-state index in [9.17, 15) is 0 Å². The van der Waals surface area contributed by atoms with Crippen molar-refractivity contribution in [2.45, 2.75) is 12.8 Å². The van der Waals surface area contributed by atoms with E-state index in [1.807, 2.05) is 0 Å². The van der Waals surface area contributed by atoms with E-state index in [1.165, 1.54) is 87.3 Å². The largest absolute Gasteiger partial charge is 0.311 e. The van der Waals surface area contributed by atoms with Crippen molar-refractivity contribution in [3.05, 3.63) is 240 Å². The maximum atomic E-state index is 2.44. The lowest BCUT2D eigenvalue weighted by Crippen LogP contribution is -2.31. The standard InChI is InChI=1S/C61H44N2/c1-41-38-46-13-5-6-14-47(46)39-58(41)45-26-34-52(35-27-45)62(51-32-24-44(25-33-51)54-19-11-20-55-53-17-8-7-12-43(53)28-36-56(54)55)50-30-22-42(23-31-50)48-29-37-61-59(40-48)57-18-9-10-21-60(57)63(61)49-15-3-2-4-16-49/h2-41,58H,1H3. The number of hydrogen-bond donors (Lipinski definition) is 0. The van der Waals surface area contributed by atoms with Gasteiger partial charge in [0, 0.05) is 39.4 Å². The van der Waals surface area contributed by atoms with Crippen LogP contribution in [-0.2, 0) is 0 Å². The summed E-state index contributed by atoms with van der Waals surface area (Å²) in [5.74, 6) is 0.723. The SMILES string of the molecule is CC1C=c2ccccc2=CC1c1ccc(N(c2ccc(-c3ccc4c(c3)c3ccccc3n4-c3ccccc3)cc2)c2ccc(-c3cccc4c3ccc3ccccc34)cc2)cc1. The summed E-state index contributed by atoms with van der Waals surface area (Å²) < 4.78 is 2.37. The van der Waals surface area contributed by atoms with Crippen molar-refractivity contribution in [1.82, 2.24) is 4.57 Å². The second-order valence-electron chi connectivity index (χ2n) is 17.0. The molecule has 0 amide bonds. The second-order valence-corrected chi connectivity index (χ2v) is 17.0. The Morgan fingerprint density at radius 3 is 1.73 bits per heavy atom. The summed E-state index contributed by atoms with van der Waals surface area (Å²) in [6.45, 7) is 2.33. The molecule has 12 rings (SSSR count). The van der Waals surface area contributed by atoms with Crippen LogP contribution >= 0.6 is 0 Å². The normalized spacial score (nSPS) is 14.7. The Balaban J connectivity index is 0.931. The minimum absolute atomic E-state index is 0.317. The van der Waals surface area contributed by atoms with Gasteiger partial charge in [0.05, 0.1) is 11.0 Å². The van der Waals surface area contributed by atoms with Crippen LogP contribution in [0.4, 0.5) is 17.1 Å². The van der Waals surface area contributed by atoms with Gasteiger partial charge in [0.15, 0.2) is 0 Å². The molecule has 63 heavy (non-hydrogen) atoms. The number of nitrogens with zero attached hydrogens (tertiary/aromatic N) is 2. The fraction of sp³-hybridized carbons (Fsp3) is 0.0492. The van der Waals surface area contributed by atoms with Crippen molar-refractivity contribution in [2.24, 2.45) is 5.92 Å². The van der Waals surface area contributed by atoms with Gasteiger partial charge in [-0.2, -0.15) is 0 Å². The van der Waals surface area contributed by atoms with E-state index in [4.69, 9.17) is 0 Å². The summed E-state index contributed by atoms with van der Waals surface area (Å²) in [5, 5.41) is 10.2. The van der Waals surface area contributed by atoms with Crippen LogP contribution < -0.4 is 15.3 Å². The monoisotopic (exact) mass is 804 g/mol. The summed E-state index contributed by atoms with van der Waals surface area (Å²) in [7, 11) is 0. The van der Waals surface area contributed by atoms with Gasteiger partial charge in [-0.1, -0.05) is 177 Å². The van der Waals surface area contributed by atoms with Gasteiger partial charge in [-0.25, -0.2) is 0 Å². The van der Waals surface area contributed by atoms with Crippen LogP contribution in [0.15, 0.2) is 224 Å². The molecule has 0 spiro atoms. The molecule has 1 aromatic heterocycles. The third kappa shape index (κ3) is 6.42. The van der Waals surface area contributed by atoms with Crippen molar-refractivity contribution in [2.75, 3.05) is 4.90 Å². The molecule has 0 saturated carbocycles. The van der Waals surface area contributed by atoms with Gasteiger partial charge < -0.3 is 9.47 Å². The topological polar surface area (TPSA) is 8.17 Å². The second kappa shape index (κ2) is 15.2. The maximum absolute atomic E-state index is 2.44. The van der Waals surface area contributed by atoms with E-state index < -0.39 is 0 Å². The summed E-state index contributed by atoms with van der Waals surface area (Å²) >= 11 is 0. The van der Waals surface area contributed by atoms with Crippen LogP contribution in [0.1, 0.15) is 18.4 Å². The fourth-order valence-electron chi connectivity index (χ4n) is 10.1. The highest BCUT2D eigenvalue weighted by atomic mass is 15.1. The minimum atomic E-state index is 0.317. The van der Waals surface area contributed by atoms with E-state index in [-0.39, 0.29) is 0 Å². The first kappa shape index (κ1) is 36.9. The highest BCUT2D eigenvalue weighted by Crippen LogP contribution is 2.41. The first-order valence-corrected chi connectivity index (χ1v) is 22.0. The molecule has 0 N–H and O–H groups in total. The molecule has 0 radical (unpaired) electrons. The van der Waals surface area contributed by atoms with Gasteiger partial charge >= 0.3 is 0 Å². The summed E-state index contributed by atoms with van der Waals surface area (Å²) in [6, 6.07) is 82.3. The lowest BCUT2D eigenvalue weighted by molar-refractivity contribution is 0.693. The van der Waals surface area contributed by atoms with E-state index in [0.717, 1.165) is 17.1 Å². The van der Waals surface area contributed by atoms with Crippen molar-refractivity contribution in [3.63, 3.8) is 0 Å². The Bertz CT molecular complexity index is 3620. The molecule has 0 saturated heterocycles. The van der Waals surface area contributed by atoms with E-state index >= 15 is 0 Å². The minimum Gasteiger partial charge on any atom is -0.311 e. The fourth-order valence-corrected chi connectivity index (χ4v) is 10.1. The predicted octanol–water partition coefficient (Wildman–Crippen LogP) is 14.9. The molecule has 298 valence electrons. The van der Waals surface area contributed by atoms with Crippen molar-refractivity contribution < 1.29 is 0 Å². The lowest BCUT2D eigenvalue weighted by Gasteiger charge is -2.27. The molecular weight excluding hydrogens is 761 g/mol. The molecule has 0 bridgehead atoms. The zero-order chi connectivity index (χ0) is 41.9. The Labute approximate surface area is 367 Å². The third-order valence-electron chi connectivity index (χ3n) is 13.3. The molecule has 10 aromatic carbocycles. The first-order chi connectivity index (χ1) is 31.1. The van der Waals surface area contributed by atoms with Crippen molar-refractivity contribution in [3.8, 4) is 27.9 Å². The quantitative estimate of drug-likeness (QED) is 0.146. The van der Waals surface area contributed by atoms with E-state index in [0.29, 0.717) is 11.8 Å². The predicted molar refractivity (Wildman–Crippen MR) is 268 cm³/mol. The number of anilines is 3. The molecule has 1 aliphatic carbocycles. The van der Waals surface area contributed by atoms with Gasteiger partial charge in [-0.3, -0.25) is 0 Å². The van der Waals surface area contributed by atoms with Gasteiger partial charge in [0.1, 0.15) is 0 Å². The van der Waals surface area contributed by atoms with E-state index in [2.05, 4.69) is 253 Å². The number of hydrogen-bond acceptors (Lipinski definition) is 1. The molecule has 0 fully saturated rings.